The molecule has 1 aliphatic heterocycles. The molecule has 1 unspecified atom stereocenters. The van der Waals surface area contributed by atoms with Crippen molar-refractivity contribution in [1.82, 2.24) is 4.90 Å². The van der Waals surface area contributed by atoms with Gasteiger partial charge in [-0.05, 0) is 6.42 Å². The number of hydrogen-bond acceptors (Lipinski definition) is 2. The van der Waals surface area contributed by atoms with Crippen molar-refractivity contribution < 1.29 is 4.79 Å². The fraction of sp³-hybridized carbons (Fsp3) is 0.778. The van der Waals surface area contributed by atoms with Crippen LogP contribution in [0.25, 0.3) is 0 Å². The summed E-state index contributed by atoms with van der Waals surface area (Å²) in [5, 5.41) is 8.62. The summed E-state index contributed by atoms with van der Waals surface area (Å²) in [7, 11) is 0. The Morgan fingerprint density at radius 1 is 1.67 bits per heavy atom. The van der Waals surface area contributed by atoms with Crippen LogP contribution < -0.4 is 0 Å². The van der Waals surface area contributed by atoms with Gasteiger partial charge in [0.25, 0.3) is 0 Å². The van der Waals surface area contributed by atoms with E-state index in [4.69, 9.17) is 5.26 Å². The first kappa shape index (κ1) is 9.05. The summed E-state index contributed by atoms with van der Waals surface area (Å²) in [4.78, 5) is 13.2. The summed E-state index contributed by atoms with van der Waals surface area (Å²) in [6, 6.07) is 2.19. The number of amides is 1. The number of carbonyl (C=O) groups excluding carboxylic acids is 1. The predicted octanol–water partition coefficient (Wildman–Crippen LogP) is 1.01. The molecular weight excluding hydrogens is 152 g/mol. The van der Waals surface area contributed by atoms with E-state index in [0.717, 1.165) is 13.0 Å². The topological polar surface area (TPSA) is 44.1 Å². The quantitative estimate of drug-likeness (QED) is 0.583. The molecule has 0 bridgehead atoms. The Balaban J connectivity index is 2.48. The lowest BCUT2D eigenvalue weighted by Gasteiger charge is -2.17. The third-order valence-electron chi connectivity index (χ3n) is 2.18. The minimum Gasteiger partial charge on any atom is -0.341 e. The molecule has 1 saturated heterocycles. The largest absolute Gasteiger partial charge is 0.341 e. The SMILES string of the molecule is CC(C)C(=O)N1CCC(C#N)C1. The Morgan fingerprint density at radius 3 is 2.75 bits per heavy atom. The molecule has 3 nitrogen and oxygen atoms in total. The summed E-state index contributed by atoms with van der Waals surface area (Å²) in [5.74, 6) is 0.294. The molecule has 1 rings (SSSR count). The number of hydrogen-bond donors (Lipinski definition) is 0. The average molecular weight is 166 g/mol. The molecule has 1 fully saturated rings. The van der Waals surface area contributed by atoms with Crippen molar-refractivity contribution in [3.8, 4) is 6.07 Å². The van der Waals surface area contributed by atoms with Gasteiger partial charge in [-0.1, -0.05) is 13.8 Å². The molecule has 3 heteroatoms. The predicted molar refractivity (Wildman–Crippen MR) is 45.1 cm³/mol. The van der Waals surface area contributed by atoms with Crippen molar-refractivity contribution in [1.29, 1.82) is 5.26 Å². The first-order valence-electron chi connectivity index (χ1n) is 4.33. The van der Waals surface area contributed by atoms with E-state index < -0.39 is 0 Å². The highest BCUT2D eigenvalue weighted by atomic mass is 16.2. The normalized spacial score (nSPS) is 22.8. The molecule has 0 spiro atoms. The maximum atomic E-state index is 11.4. The molecule has 1 aliphatic rings. The van der Waals surface area contributed by atoms with Crippen molar-refractivity contribution in [3.63, 3.8) is 0 Å². The summed E-state index contributed by atoms with van der Waals surface area (Å²) in [6.07, 6.45) is 0.842. The highest BCUT2D eigenvalue weighted by Gasteiger charge is 2.26. The number of nitrogens with zero attached hydrogens (tertiary/aromatic N) is 2. The van der Waals surface area contributed by atoms with Crippen molar-refractivity contribution in [2.45, 2.75) is 20.3 Å². The molecule has 0 aliphatic carbocycles. The summed E-state index contributed by atoms with van der Waals surface area (Å²) in [6.45, 7) is 5.17. The molecule has 0 aromatic heterocycles. The third-order valence-corrected chi connectivity index (χ3v) is 2.18. The van der Waals surface area contributed by atoms with E-state index in [0.29, 0.717) is 6.54 Å². The van der Waals surface area contributed by atoms with Crippen molar-refractivity contribution in [2.75, 3.05) is 13.1 Å². The zero-order valence-electron chi connectivity index (χ0n) is 7.58. The summed E-state index contributed by atoms with van der Waals surface area (Å²) >= 11 is 0. The van der Waals surface area contributed by atoms with Gasteiger partial charge in [0.1, 0.15) is 0 Å². The van der Waals surface area contributed by atoms with Crippen LogP contribution in [0, 0.1) is 23.2 Å². The van der Waals surface area contributed by atoms with Crippen LogP contribution in [0.2, 0.25) is 0 Å². The van der Waals surface area contributed by atoms with E-state index in [1.807, 2.05) is 13.8 Å². The molecule has 1 amide bonds. The monoisotopic (exact) mass is 166 g/mol. The molecular formula is C9H14N2O. The zero-order valence-corrected chi connectivity index (χ0v) is 7.58. The van der Waals surface area contributed by atoms with Crippen LogP contribution in [0.5, 0.6) is 0 Å². The molecule has 0 aromatic carbocycles. The highest BCUT2D eigenvalue weighted by Crippen LogP contribution is 2.16. The second-order valence-electron chi connectivity index (χ2n) is 3.55. The third kappa shape index (κ3) is 1.76. The lowest BCUT2D eigenvalue weighted by Crippen LogP contribution is -2.32. The number of nitriles is 1. The van der Waals surface area contributed by atoms with Crippen LogP contribution in [0.3, 0.4) is 0 Å². The molecule has 1 atom stereocenters. The lowest BCUT2D eigenvalue weighted by atomic mass is 10.1. The number of likely N-dealkylation sites (tertiary alicyclic amines) is 1. The van der Waals surface area contributed by atoms with Crippen molar-refractivity contribution in [2.24, 2.45) is 11.8 Å². The van der Waals surface area contributed by atoms with E-state index >= 15 is 0 Å². The molecule has 1 heterocycles. The molecule has 0 N–H and O–H groups in total. The van der Waals surface area contributed by atoms with Crippen LogP contribution in [-0.4, -0.2) is 23.9 Å². The molecule has 12 heavy (non-hydrogen) atoms. The smallest absolute Gasteiger partial charge is 0.225 e. The van der Waals surface area contributed by atoms with Gasteiger partial charge in [0, 0.05) is 19.0 Å². The maximum Gasteiger partial charge on any atom is 0.225 e. The minimum absolute atomic E-state index is 0.0578. The number of carbonyl (C=O) groups is 1. The van der Waals surface area contributed by atoms with E-state index in [9.17, 15) is 4.79 Å². The van der Waals surface area contributed by atoms with Crippen LogP contribution >= 0.6 is 0 Å². The fourth-order valence-corrected chi connectivity index (χ4v) is 1.43. The number of rotatable bonds is 1. The first-order chi connectivity index (χ1) is 5.65. The van der Waals surface area contributed by atoms with Crippen molar-refractivity contribution >= 4 is 5.91 Å². The maximum absolute atomic E-state index is 11.4. The standard InChI is InChI=1S/C9H14N2O/c1-7(2)9(12)11-4-3-8(5-10)6-11/h7-8H,3-4,6H2,1-2H3. The van der Waals surface area contributed by atoms with Gasteiger partial charge >= 0.3 is 0 Å². The first-order valence-corrected chi connectivity index (χ1v) is 4.33. The molecule has 0 radical (unpaired) electrons. The second kappa shape index (κ2) is 3.57. The van der Waals surface area contributed by atoms with E-state index in [2.05, 4.69) is 6.07 Å². The Morgan fingerprint density at radius 2 is 2.33 bits per heavy atom. The Kier molecular flexibility index (Phi) is 2.69. The van der Waals surface area contributed by atoms with Gasteiger partial charge in [0.15, 0.2) is 0 Å². The second-order valence-corrected chi connectivity index (χ2v) is 3.55. The van der Waals surface area contributed by atoms with Crippen LogP contribution in [0.15, 0.2) is 0 Å². The lowest BCUT2D eigenvalue weighted by molar-refractivity contribution is -0.133. The van der Waals surface area contributed by atoms with Gasteiger partial charge < -0.3 is 4.90 Å². The molecule has 0 saturated carbocycles. The van der Waals surface area contributed by atoms with Crippen LogP contribution in [-0.2, 0) is 4.79 Å². The zero-order chi connectivity index (χ0) is 9.14. The fourth-order valence-electron chi connectivity index (χ4n) is 1.43. The van der Waals surface area contributed by atoms with Crippen molar-refractivity contribution in [3.05, 3.63) is 0 Å². The van der Waals surface area contributed by atoms with Crippen LogP contribution in [0.4, 0.5) is 0 Å². The van der Waals surface area contributed by atoms with Gasteiger partial charge in [-0.2, -0.15) is 5.26 Å². The highest BCUT2D eigenvalue weighted by molar-refractivity contribution is 5.78. The van der Waals surface area contributed by atoms with Crippen LogP contribution in [0.1, 0.15) is 20.3 Å². The Bertz CT molecular complexity index is 217. The van der Waals surface area contributed by atoms with E-state index in [1.165, 1.54) is 0 Å². The summed E-state index contributed by atoms with van der Waals surface area (Å²) in [5.41, 5.74) is 0. The van der Waals surface area contributed by atoms with Gasteiger partial charge in [0.05, 0.1) is 12.0 Å². The summed E-state index contributed by atoms with van der Waals surface area (Å²) < 4.78 is 0. The average Bonchev–Trinajstić information content (AvgIpc) is 2.50. The Hall–Kier alpha value is -1.04. The van der Waals surface area contributed by atoms with E-state index in [1.54, 1.807) is 4.90 Å². The van der Waals surface area contributed by atoms with E-state index in [-0.39, 0.29) is 17.7 Å². The van der Waals surface area contributed by atoms with Gasteiger partial charge in [-0.3, -0.25) is 4.79 Å². The van der Waals surface area contributed by atoms with Gasteiger partial charge in [0.2, 0.25) is 5.91 Å². The minimum atomic E-state index is 0.0578. The van der Waals surface area contributed by atoms with Gasteiger partial charge in [-0.25, -0.2) is 0 Å². The Labute approximate surface area is 73.0 Å². The van der Waals surface area contributed by atoms with Gasteiger partial charge in [-0.15, -0.1) is 0 Å². The molecule has 0 aromatic rings. The molecule has 66 valence electrons.